The van der Waals surface area contributed by atoms with Crippen LogP contribution in [0.2, 0.25) is 0 Å². The van der Waals surface area contributed by atoms with Gasteiger partial charge < -0.3 is 15.1 Å². The van der Waals surface area contributed by atoms with E-state index in [4.69, 9.17) is 4.42 Å². The number of carbonyl (C=O) groups is 2. The monoisotopic (exact) mass is 407 g/mol. The number of nitrogens with zero attached hydrogens (tertiary/aromatic N) is 3. The van der Waals surface area contributed by atoms with Crippen molar-refractivity contribution < 1.29 is 18.9 Å². The van der Waals surface area contributed by atoms with Crippen LogP contribution in [0.5, 0.6) is 0 Å². The van der Waals surface area contributed by atoms with Crippen molar-refractivity contribution in [2.24, 2.45) is 0 Å². The quantitative estimate of drug-likeness (QED) is 0.252. The van der Waals surface area contributed by atoms with Crippen LogP contribution in [0.3, 0.4) is 0 Å². The van der Waals surface area contributed by atoms with Crippen molar-refractivity contribution in [1.82, 2.24) is 20.6 Å². The number of furan rings is 1. The number of carbonyl (C=O) groups excluding carboxylic acids is 2. The van der Waals surface area contributed by atoms with Crippen molar-refractivity contribution in [2.75, 3.05) is 13.1 Å². The van der Waals surface area contributed by atoms with Crippen LogP contribution < -0.4 is 10.6 Å². The minimum absolute atomic E-state index is 0.0661. The second-order valence-corrected chi connectivity index (χ2v) is 5.95. The van der Waals surface area contributed by atoms with E-state index in [9.17, 15) is 19.7 Å². The van der Waals surface area contributed by atoms with Crippen molar-refractivity contribution in [3.8, 4) is 11.3 Å². The average molecular weight is 407 g/mol. The van der Waals surface area contributed by atoms with Gasteiger partial charge in [0, 0.05) is 37.6 Å². The van der Waals surface area contributed by atoms with Gasteiger partial charge in [-0.05, 0) is 24.3 Å². The minimum atomic E-state index is -0.482. The van der Waals surface area contributed by atoms with E-state index in [0.717, 1.165) is 0 Å². The molecule has 0 aliphatic heterocycles. The zero-order chi connectivity index (χ0) is 21.3. The first-order valence-electron chi connectivity index (χ1n) is 8.88. The van der Waals surface area contributed by atoms with Gasteiger partial charge in [-0.1, -0.05) is 12.1 Å². The molecule has 0 aliphatic rings. The maximum atomic E-state index is 11.9. The molecule has 0 radical (unpaired) electrons. The molecular formula is C20H17N5O5. The van der Waals surface area contributed by atoms with Crippen molar-refractivity contribution in [1.29, 1.82) is 0 Å². The van der Waals surface area contributed by atoms with Gasteiger partial charge in [-0.15, -0.1) is 0 Å². The molecule has 0 spiro atoms. The predicted molar refractivity (Wildman–Crippen MR) is 107 cm³/mol. The summed E-state index contributed by atoms with van der Waals surface area (Å²) in [6.45, 7) is 0.437. The Morgan fingerprint density at radius 2 is 1.90 bits per heavy atom. The van der Waals surface area contributed by atoms with Gasteiger partial charge in [-0.3, -0.25) is 24.7 Å². The lowest BCUT2D eigenvalue weighted by molar-refractivity contribution is -0.384. The van der Waals surface area contributed by atoms with Gasteiger partial charge in [0.2, 0.25) is 5.91 Å². The molecular weight excluding hydrogens is 390 g/mol. The van der Waals surface area contributed by atoms with E-state index >= 15 is 0 Å². The van der Waals surface area contributed by atoms with E-state index in [-0.39, 0.29) is 36.3 Å². The highest BCUT2D eigenvalue weighted by Crippen LogP contribution is 2.31. The third kappa shape index (κ3) is 5.35. The lowest BCUT2D eigenvalue weighted by atomic mass is 10.1. The minimum Gasteiger partial charge on any atom is -0.456 e. The molecule has 0 fully saturated rings. The number of nitro groups is 1. The summed E-state index contributed by atoms with van der Waals surface area (Å²) >= 11 is 0. The van der Waals surface area contributed by atoms with Gasteiger partial charge in [0.25, 0.3) is 11.6 Å². The van der Waals surface area contributed by atoms with Crippen LogP contribution >= 0.6 is 0 Å². The fourth-order valence-electron chi connectivity index (χ4n) is 2.51. The molecule has 3 rings (SSSR count). The first-order chi connectivity index (χ1) is 14.5. The summed E-state index contributed by atoms with van der Waals surface area (Å²) in [6, 6.07) is 9.44. The number of benzene rings is 1. The lowest BCUT2D eigenvalue weighted by Crippen LogP contribution is -2.34. The van der Waals surface area contributed by atoms with E-state index in [0.29, 0.717) is 17.1 Å². The standard InChI is InChI=1S/C20H17N5O5/c26-19(23-11-12-24-20(27)16-13-21-9-10-22-16)8-6-14-5-7-18(30-14)15-3-1-2-4-17(15)25(28)29/h1-10,13H,11-12H2,(H,23,26)(H,24,27)/b8-6+. The molecule has 0 saturated heterocycles. The van der Waals surface area contributed by atoms with Gasteiger partial charge in [0.1, 0.15) is 17.2 Å². The molecule has 152 valence electrons. The molecule has 1 aromatic carbocycles. The predicted octanol–water partition coefficient (Wildman–Crippen LogP) is 2.20. The van der Waals surface area contributed by atoms with Crippen LogP contribution in [-0.2, 0) is 4.79 Å². The first kappa shape index (κ1) is 20.4. The molecule has 2 N–H and O–H groups in total. The Labute approximate surface area is 170 Å². The molecule has 0 aliphatic carbocycles. The Morgan fingerprint density at radius 3 is 2.67 bits per heavy atom. The summed E-state index contributed by atoms with van der Waals surface area (Å²) in [5.74, 6) is -0.0678. The van der Waals surface area contributed by atoms with Crippen molar-refractivity contribution in [2.45, 2.75) is 0 Å². The molecule has 30 heavy (non-hydrogen) atoms. The van der Waals surface area contributed by atoms with Crippen molar-refractivity contribution in [3.05, 3.63) is 82.6 Å². The topological polar surface area (TPSA) is 140 Å². The van der Waals surface area contributed by atoms with Crippen LogP contribution in [0.25, 0.3) is 17.4 Å². The highest BCUT2D eigenvalue weighted by Gasteiger charge is 2.16. The van der Waals surface area contributed by atoms with Crippen LogP contribution in [0.1, 0.15) is 16.2 Å². The number of aromatic nitrogens is 2. The number of para-hydroxylation sites is 1. The number of nitro benzene ring substituents is 1. The van der Waals surface area contributed by atoms with Gasteiger partial charge in [0.15, 0.2) is 0 Å². The van der Waals surface area contributed by atoms with Crippen LogP contribution in [-0.4, -0.2) is 39.8 Å². The Morgan fingerprint density at radius 1 is 1.10 bits per heavy atom. The molecule has 0 unspecified atom stereocenters. The molecule has 0 atom stereocenters. The summed E-state index contributed by atoms with van der Waals surface area (Å²) in [6.07, 6.45) is 6.94. The van der Waals surface area contributed by atoms with Gasteiger partial charge in [-0.2, -0.15) is 0 Å². The van der Waals surface area contributed by atoms with Gasteiger partial charge in [0.05, 0.1) is 16.7 Å². The van der Waals surface area contributed by atoms with E-state index < -0.39 is 4.92 Å². The third-order valence-corrected chi connectivity index (χ3v) is 3.90. The second kappa shape index (κ2) is 9.73. The Balaban J connectivity index is 1.49. The molecule has 10 heteroatoms. The van der Waals surface area contributed by atoms with Crippen LogP contribution in [0.4, 0.5) is 5.69 Å². The first-order valence-corrected chi connectivity index (χ1v) is 8.88. The second-order valence-electron chi connectivity index (χ2n) is 5.95. The highest BCUT2D eigenvalue weighted by molar-refractivity contribution is 5.92. The van der Waals surface area contributed by atoms with E-state index in [2.05, 4.69) is 20.6 Å². The molecule has 2 amide bonds. The summed E-state index contributed by atoms with van der Waals surface area (Å²) in [5, 5.41) is 16.4. The maximum absolute atomic E-state index is 11.9. The molecule has 0 bridgehead atoms. The number of rotatable bonds is 8. The van der Waals surface area contributed by atoms with E-state index in [1.54, 1.807) is 30.3 Å². The number of nitrogens with one attached hydrogen (secondary N) is 2. The zero-order valence-corrected chi connectivity index (χ0v) is 15.6. The smallest absolute Gasteiger partial charge is 0.280 e. The van der Waals surface area contributed by atoms with Crippen molar-refractivity contribution in [3.63, 3.8) is 0 Å². The molecule has 0 saturated carbocycles. The van der Waals surface area contributed by atoms with Crippen LogP contribution in [0.15, 0.2) is 65.5 Å². The molecule has 3 aromatic rings. The maximum Gasteiger partial charge on any atom is 0.280 e. The van der Waals surface area contributed by atoms with Crippen molar-refractivity contribution >= 4 is 23.6 Å². The summed E-state index contributed by atoms with van der Waals surface area (Å²) in [7, 11) is 0. The fourth-order valence-corrected chi connectivity index (χ4v) is 2.51. The third-order valence-electron chi connectivity index (χ3n) is 3.90. The number of hydrogen-bond donors (Lipinski definition) is 2. The SMILES string of the molecule is O=C(/C=C/c1ccc(-c2ccccc2[N+](=O)[O-])o1)NCCNC(=O)c1cnccn1. The largest absolute Gasteiger partial charge is 0.456 e. The normalized spacial score (nSPS) is 10.7. The summed E-state index contributed by atoms with van der Waals surface area (Å²) in [5.41, 5.74) is 0.477. The van der Waals surface area contributed by atoms with E-state index in [1.165, 1.54) is 36.8 Å². The van der Waals surface area contributed by atoms with Gasteiger partial charge >= 0.3 is 0 Å². The highest BCUT2D eigenvalue weighted by atomic mass is 16.6. The molecule has 2 aromatic heterocycles. The Bertz CT molecular complexity index is 1080. The zero-order valence-electron chi connectivity index (χ0n) is 15.6. The van der Waals surface area contributed by atoms with E-state index in [1.807, 2.05) is 0 Å². The summed E-state index contributed by atoms with van der Waals surface area (Å²) in [4.78, 5) is 42.0. The molecule has 2 heterocycles. The van der Waals surface area contributed by atoms with Gasteiger partial charge in [-0.25, -0.2) is 4.98 Å². The van der Waals surface area contributed by atoms with Crippen LogP contribution in [0, 0.1) is 10.1 Å². The average Bonchev–Trinajstić information content (AvgIpc) is 3.24. The Kier molecular flexibility index (Phi) is 6.62. The fraction of sp³-hybridized carbons (Fsp3) is 0.100. The number of hydrogen-bond acceptors (Lipinski definition) is 7. The number of amides is 2. The molecule has 10 nitrogen and oxygen atoms in total. The lowest BCUT2D eigenvalue weighted by Gasteiger charge is -2.04. The summed E-state index contributed by atoms with van der Waals surface area (Å²) < 4.78 is 5.58. The Hall–Kier alpha value is -4.34.